The lowest BCUT2D eigenvalue weighted by atomic mass is 10.2. The smallest absolute Gasteiger partial charge is 0.233 e. The van der Waals surface area contributed by atoms with E-state index >= 15 is 0 Å². The summed E-state index contributed by atoms with van der Waals surface area (Å²) in [6.07, 6.45) is 1.31. The van der Waals surface area contributed by atoms with Crippen molar-refractivity contribution in [2.24, 2.45) is 7.05 Å². The molecule has 1 aliphatic heterocycles. The van der Waals surface area contributed by atoms with Crippen molar-refractivity contribution < 1.29 is 14.3 Å². The molecular weight excluding hydrogens is 340 g/mol. The van der Waals surface area contributed by atoms with Gasteiger partial charge in [0.25, 0.3) is 0 Å². The van der Waals surface area contributed by atoms with Gasteiger partial charge < -0.3 is 19.4 Å². The van der Waals surface area contributed by atoms with Gasteiger partial charge in [0.2, 0.25) is 5.91 Å². The number of amides is 1. The van der Waals surface area contributed by atoms with E-state index in [0.717, 1.165) is 5.75 Å². The summed E-state index contributed by atoms with van der Waals surface area (Å²) in [6, 6.07) is 7.52. The summed E-state index contributed by atoms with van der Waals surface area (Å²) in [4.78, 5) is 12.0. The number of para-hydroxylation sites is 2. The number of aromatic nitrogens is 3. The van der Waals surface area contributed by atoms with Crippen molar-refractivity contribution in [1.82, 2.24) is 20.1 Å². The molecule has 1 amide bonds. The third-order valence-corrected chi connectivity index (χ3v) is 4.87. The van der Waals surface area contributed by atoms with Crippen molar-refractivity contribution >= 4 is 17.7 Å². The fraction of sp³-hybridized carbons (Fsp3) is 0.353. The van der Waals surface area contributed by atoms with E-state index in [1.165, 1.54) is 11.8 Å². The van der Waals surface area contributed by atoms with Gasteiger partial charge in [-0.15, -0.1) is 16.8 Å². The lowest BCUT2D eigenvalue weighted by Crippen LogP contribution is -2.31. The maximum absolute atomic E-state index is 12.0. The van der Waals surface area contributed by atoms with E-state index in [9.17, 15) is 4.79 Å². The van der Waals surface area contributed by atoms with Gasteiger partial charge in [0.15, 0.2) is 28.6 Å². The standard InChI is InChI=1S/C17H20N4O3S/c1-4-9-18-16(22)11(2)25-17-20-19-15(21(17)3)14-10-23-12-7-5-6-8-13(12)24-14/h4-8,11,14H,1,9-10H2,2-3H3,(H,18,22)/t11-,14+/m1/s1. The molecular formula is C17H20N4O3S. The zero-order valence-electron chi connectivity index (χ0n) is 14.1. The first-order valence-corrected chi connectivity index (χ1v) is 8.81. The number of benzene rings is 1. The second kappa shape index (κ2) is 7.60. The Morgan fingerprint density at radius 1 is 1.48 bits per heavy atom. The molecule has 2 heterocycles. The van der Waals surface area contributed by atoms with Gasteiger partial charge in [-0.2, -0.15) is 0 Å². The van der Waals surface area contributed by atoms with E-state index in [-0.39, 0.29) is 17.3 Å². The van der Waals surface area contributed by atoms with Gasteiger partial charge in [-0.25, -0.2) is 0 Å². The van der Waals surface area contributed by atoms with Crippen molar-refractivity contribution in [3.63, 3.8) is 0 Å². The highest BCUT2D eigenvalue weighted by molar-refractivity contribution is 8.00. The molecule has 1 aliphatic rings. The van der Waals surface area contributed by atoms with Crippen LogP contribution in [0.25, 0.3) is 0 Å². The minimum absolute atomic E-state index is 0.0689. The van der Waals surface area contributed by atoms with Crippen molar-refractivity contribution in [3.8, 4) is 11.5 Å². The Labute approximate surface area is 150 Å². The third-order valence-electron chi connectivity index (χ3n) is 3.74. The van der Waals surface area contributed by atoms with Crippen LogP contribution in [0.15, 0.2) is 42.1 Å². The molecule has 0 aliphatic carbocycles. The highest BCUT2D eigenvalue weighted by Gasteiger charge is 2.28. The van der Waals surface area contributed by atoms with Crippen LogP contribution in [0.1, 0.15) is 18.9 Å². The summed E-state index contributed by atoms with van der Waals surface area (Å²) in [7, 11) is 1.86. The highest BCUT2D eigenvalue weighted by atomic mass is 32.2. The van der Waals surface area contributed by atoms with Crippen LogP contribution in [0.2, 0.25) is 0 Å². The van der Waals surface area contributed by atoms with Crippen LogP contribution in [0.4, 0.5) is 0 Å². The Hall–Kier alpha value is -2.48. The Bertz CT molecular complexity index is 777. The lowest BCUT2D eigenvalue weighted by molar-refractivity contribution is -0.120. The molecule has 1 N–H and O–H groups in total. The molecule has 25 heavy (non-hydrogen) atoms. The van der Waals surface area contributed by atoms with Crippen molar-refractivity contribution in [2.75, 3.05) is 13.2 Å². The van der Waals surface area contributed by atoms with Gasteiger partial charge in [-0.3, -0.25) is 4.79 Å². The van der Waals surface area contributed by atoms with Crippen LogP contribution in [-0.2, 0) is 11.8 Å². The molecule has 0 radical (unpaired) electrons. The van der Waals surface area contributed by atoms with Crippen LogP contribution in [0, 0.1) is 0 Å². The van der Waals surface area contributed by atoms with Gasteiger partial charge >= 0.3 is 0 Å². The molecule has 0 saturated carbocycles. The van der Waals surface area contributed by atoms with E-state index in [1.54, 1.807) is 6.08 Å². The number of carbonyl (C=O) groups is 1. The van der Waals surface area contributed by atoms with E-state index in [1.807, 2.05) is 42.8 Å². The summed E-state index contributed by atoms with van der Waals surface area (Å²) in [6.45, 7) is 6.22. The summed E-state index contributed by atoms with van der Waals surface area (Å²) in [5.41, 5.74) is 0. The zero-order valence-corrected chi connectivity index (χ0v) is 15.0. The quantitative estimate of drug-likeness (QED) is 0.628. The zero-order chi connectivity index (χ0) is 17.8. The molecule has 2 aromatic rings. The molecule has 0 saturated heterocycles. The van der Waals surface area contributed by atoms with E-state index < -0.39 is 0 Å². The maximum atomic E-state index is 12.0. The van der Waals surface area contributed by atoms with Gasteiger partial charge in [0.1, 0.15) is 6.61 Å². The topological polar surface area (TPSA) is 78.3 Å². The molecule has 0 unspecified atom stereocenters. The second-order valence-electron chi connectivity index (χ2n) is 5.56. The molecule has 2 atom stereocenters. The number of carbonyl (C=O) groups excluding carboxylic acids is 1. The number of ether oxygens (including phenoxy) is 2. The van der Waals surface area contributed by atoms with E-state index in [0.29, 0.717) is 29.9 Å². The van der Waals surface area contributed by atoms with Crippen LogP contribution in [-0.4, -0.2) is 39.1 Å². The van der Waals surface area contributed by atoms with Crippen molar-refractivity contribution in [2.45, 2.75) is 23.4 Å². The SMILES string of the molecule is C=CCNC(=O)[C@@H](C)Sc1nnc([C@@H]2COc3ccccc3O2)n1C. The average molecular weight is 360 g/mol. The van der Waals surface area contributed by atoms with Crippen LogP contribution in [0.5, 0.6) is 11.5 Å². The van der Waals surface area contributed by atoms with Gasteiger partial charge in [0, 0.05) is 13.6 Å². The van der Waals surface area contributed by atoms with E-state index in [4.69, 9.17) is 9.47 Å². The van der Waals surface area contributed by atoms with Gasteiger partial charge in [-0.1, -0.05) is 30.0 Å². The number of fused-ring (bicyclic) bond motifs is 1. The van der Waals surface area contributed by atoms with Crippen LogP contribution >= 0.6 is 11.8 Å². The fourth-order valence-corrected chi connectivity index (χ4v) is 3.23. The van der Waals surface area contributed by atoms with E-state index in [2.05, 4.69) is 22.1 Å². The predicted octanol–water partition coefficient (Wildman–Crippen LogP) is 2.11. The number of hydrogen-bond donors (Lipinski definition) is 1. The summed E-state index contributed by atoms with van der Waals surface area (Å²) in [5.74, 6) is 2.01. The maximum Gasteiger partial charge on any atom is 0.233 e. The second-order valence-corrected chi connectivity index (χ2v) is 6.87. The van der Waals surface area contributed by atoms with Gasteiger partial charge in [-0.05, 0) is 19.1 Å². The van der Waals surface area contributed by atoms with Crippen molar-refractivity contribution in [3.05, 3.63) is 42.7 Å². The average Bonchev–Trinajstić information content (AvgIpc) is 2.99. The Morgan fingerprint density at radius 2 is 2.24 bits per heavy atom. The molecule has 132 valence electrons. The first-order valence-electron chi connectivity index (χ1n) is 7.93. The minimum Gasteiger partial charge on any atom is -0.485 e. The molecule has 3 rings (SSSR count). The van der Waals surface area contributed by atoms with Crippen molar-refractivity contribution in [1.29, 1.82) is 0 Å². The molecule has 1 aromatic heterocycles. The molecule has 0 fully saturated rings. The largest absolute Gasteiger partial charge is 0.485 e. The predicted molar refractivity (Wildman–Crippen MR) is 94.8 cm³/mol. The number of rotatable bonds is 6. The fourth-order valence-electron chi connectivity index (χ4n) is 2.38. The van der Waals surface area contributed by atoms with Crippen LogP contribution in [0.3, 0.4) is 0 Å². The number of nitrogens with one attached hydrogen (secondary N) is 1. The summed E-state index contributed by atoms with van der Waals surface area (Å²) >= 11 is 1.35. The monoisotopic (exact) mass is 360 g/mol. The summed E-state index contributed by atoms with van der Waals surface area (Å²) in [5, 5.41) is 11.5. The Morgan fingerprint density at radius 3 is 3.00 bits per heavy atom. The van der Waals surface area contributed by atoms with Gasteiger partial charge in [0.05, 0.1) is 5.25 Å². The van der Waals surface area contributed by atoms with Crippen LogP contribution < -0.4 is 14.8 Å². The Balaban J connectivity index is 1.69. The molecule has 8 heteroatoms. The lowest BCUT2D eigenvalue weighted by Gasteiger charge is -2.25. The molecule has 1 aromatic carbocycles. The number of nitrogens with zero attached hydrogens (tertiary/aromatic N) is 3. The third kappa shape index (κ3) is 3.79. The first-order chi connectivity index (χ1) is 12.1. The first kappa shape index (κ1) is 17.3. The normalized spacial score (nSPS) is 17.0. The Kier molecular flexibility index (Phi) is 5.28. The number of thioether (sulfide) groups is 1. The molecule has 0 bridgehead atoms. The summed E-state index contributed by atoms with van der Waals surface area (Å²) < 4.78 is 13.5. The number of hydrogen-bond acceptors (Lipinski definition) is 6. The molecule has 7 nitrogen and oxygen atoms in total. The molecule has 0 spiro atoms. The minimum atomic E-state index is -0.341. The highest BCUT2D eigenvalue weighted by Crippen LogP contribution is 2.36.